The zero-order chi connectivity index (χ0) is 22.5. The Morgan fingerprint density at radius 3 is 2.16 bits per heavy atom. The Bertz CT molecular complexity index is 959. The molecule has 2 heterocycles. The first kappa shape index (κ1) is 21.8. The number of rotatable bonds is 4. The maximum Gasteiger partial charge on any atom is 0.321 e. The first-order valence-electron chi connectivity index (χ1n) is 11.0. The summed E-state index contributed by atoms with van der Waals surface area (Å²) in [4.78, 5) is 43.7. The van der Waals surface area contributed by atoms with Gasteiger partial charge >= 0.3 is 6.03 Å². The van der Waals surface area contributed by atoms with Crippen molar-refractivity contribution in [3.05, 3.63) is 66.0 Å². The van der Waals surface area contributed by atoms with Crippen LogP contribution in [0.4, 0.5) is 14.9 Å². The minimum absolute atomic E-state index is 0.00997. The SMILES string of the molecule is O=C(Nc1ccc(F)cc1)N1CCN(C(=O)C(c2ccccc2)N2CCCCC2=O)CC1. The molecule has 2 aromatic carbocycles. The van der Waals surface area contributed by atoms with Gasteiger partial charge < -0.3 is 20.0 Å². The highest BCUT2D eigenvalue weighted by molar-refractivity contribution is 5.91. The third-order valence-corrected chi connectivity index (χ3v) is 5.99. The van der Waals surface area contributed by atoms with Gasteiger partial charge in [-0.05, 0) is 42.7 Å². The van der Waals surface area contributed by atoms with Crippen molar-refractivity contribution in [3.63, 3.8) is 0 Å². The van der Waals surface area contributed by atoms with Gasteiger partial charge in [-0.25, -0.2) is 9.18 Å². The van der Waals surface area contributed by atoms with Gasteiger partial charge in [0.15, 0.2) is 0 Å². The standard InChI is InChI=1S/C24H27FN4O3/c25-19-9-11-20(12-10-19)26-24(32)28-16-14-27(15-17-28)23(31)22(18-6-2-1-3-7-18)29-13-5-4-8-21(29)30/h1-3,6-7,9-12,22H,4-5,8,13-17H2,(H,26,32). The molecule has 0 aliphatic carbocycles. The van der Waals surface area contributed by atoms with E-state index in [1.54, 1.807) is 14.7 Å². The van der Waals surface area contributed by atoms with E-state index in [1.165, 1.54) is 24.3 Å². The summed E-state index contributed by atoms with van der Waals surface area (Å²) in [5, 5.41) is 2.75. The van der Waals surface area contributed by atoms with E-state index in [2.05, 4.69) is 5.32 Å². The van der Waals surface area contributed by atoms with Gasteiger partial charge in [0.25, 0.3) is 0 Å². The van der Waals surface area contributed by atoms with E-state index in [0.717, 1.165) is 18.4 Å². The molecule has 4 amide bonds. The zero-order valence-electron chi connectivity index (χ0n) is 17.9. The molecule has 1 N–H and O–H groups in total. The molecule has 0 radical (unpaired) electrons. The van der Waals surface area contributed by atoms with Crippen LogP contribution in [-0.4, -0.2) is 65.3 Å². The van der Waals surface area contributed by atoms with Gasteiger partial charge in [0.1, 0.15) is 11.9 Å². The van der Waals surface area contributed by atoms with Gasteiger partial charge in [-0.15, -0.1) is 0 Å². The molecule has 0 bridgehead atoms. The molecule has 0 spiro atoms. The minimum atomic E-state index is -0.636. The number of nitrogens with zero attached hydrogens (tertiary/aromatic N) is 3. The minimum Gasteiger partial charge on any atom is -0.337 e. The van der Waals surface area contributed by atoms with Crippen LogP contribution in [0.1, 0.15) is 30.9 Å². The second kappa shape index (κ2) is 9.80. The molecule has 2 saturated heterocycles. The van der Waals surface area contributed by atoms with Crippen LogP contribution in [0.5, 0.6) is 0 Å². The molecule has 0 saturated carbocycles. The van der Waals surface area contributed by atoms with Crippen LogP contribution in [0.25, 0.3) is 0 Å². The number of piperidine rings is 1. The predicted octanol–water partition coefficient (Wildman–Crippen LogP) is 3.26. The van der Waals surface area contributed by atoms with Crippen molar-refractivity contribution in [3.8, 4) is 0 Å². The molecule has 8 heteroatoms. The molecule has 2 fully saturated rings. The molecular weight excluding hydrogens is 411 g/mol. The summed E-state index contributed by atoms with van der Waals surface area (Å²) in [6, 6.07) is 14.1. The fraction of sp³-hybridized carbons (Fsp3) is 0.375. The number of carbonyl (C=O) groups is 3. The van der Waals surface area contributed by atoms with Gasteiger partial charge in [0.05, 0.1) is 0 Å². The number of halogens is 1. The Kier molecular flexibility index (Phi) is 6.68. The maximum absolute atomic E-state index is 13.5. The summed E-state index contributed by atoms with van der Waals surface area (Å²) in [5.41, 5.74) is 1.33. The highest BCUT2D eigenvalue weighted by atomic mass is 19.1. The van der Waals surface area contributed by atoms with Crippen LogP contribution < -0.4 is 5.32 Å². The van der Waals surface area contributed by atoms with Crippen LogP contribution in [0.15, 0.2) is 54.6 Å². The molecular formula is C24H27FN4O3. The third kappa shape index (κ3) is 4.90. The number of carbonyl (C=O) groups excluding carboxylic acids is 3. The number of hydrogen-bond donors (Lipinski definition) is 1. The Morgan fingerprint density at radius 1 is 0.844 bits per heavy atom. The molecule has 2 aliphatic rings. The van der Waals surface area contributed by atoms with Crippen molar-refractivity contribution in [1.82, 2.24) is 14.7 Å². The second-order valence-corrected chi connectivity index (χ2v) is 8.11. The average Bonchev–Trinajstić information content (AvgIpc) is 2.82. The van der Waals surface area contributed by atoms with Crippen molar-refractivity contribution < 1.29 is 18.8 Å². The number of hydrogen-bond acceptors (Lipinski definition) is 3. The van der Waals surface area contributed by atoms with Gasteiger partial charge in [-0.2, -0.15) is 0 Å². The monoisotopic (exact) mass is 438 g/mol. The summed E-state index contributed by atoms with van der Waals surface area (Å²) >= 11 is 0. The molecule has 2 aromatic rings. The van der Waals surface area contributed by atoms with E-state index < -0.39 is 6.04 Å². The quantitative estimate of drug-likeness (QED) is 0.797. The maximum atomic E-state index is 13.5. The fourth-order valence-electron chi connectivity index (χ4n) is 4.23. The van der Waals surface area contributed by atoms with Crippen molar-refractivity contribution in [2.45, 2.75) is 25.3 Å². The Balaban J connectivity index is 1.41. The summed E-state index contributed by atoms with van der Waals surface area (Å²) in [7, 11) is 0. The Morgan fingerprint density at radius 2 is 1.50 bits per heavy atom. The summed E-state index contributed by atoms with van der Waals surface area (Å²) in [5.74, 6) is -0.462. The van der Waals surface area contributed by atoms with E-state index in [9.17, 15) is 18.8 Å². The highest BCUT2D eigenvalue weighted by Gasteiger charge is 2.36. The van der Waals surface area contributed by atoms with Gasteiger partial charge in [-0.1, -0.05) is 30.3 Å². The third-order valence-electron chi connectivity index (χ3n) is 5.99. The predicted molar refractivity (Wildman–Crippen MR) is 118 cm³/mol. The van der Waals surface area contributed by atoms with E-state index in [-0.39, 0.29) is 23.7 Å². The Labute approximate surface area is 186 Å². The number of amides is 4. The first-order chi connectivity index (χ1) is 15.5. The molecule has 0 aromatic heterocycles. The summed E-state index contributed by atoms with van der Waals surface area (Å²) in [6.07, 6.45) is 2.21. The van der Waals surface area contributed by atoms with Gasteiger partial charge in [0, 0.05) is 44.8 Å². The van der Waals surface area contributed by atoms with E-state index in [1.807, 2.05) is 30.3 Å². The Hall–Kier alpha value is -3.42. The number of urea groups is 1. The van der Waals surface area contributed by atoms with E-state index in [4.69, 9.17) is 0 Å². The molecule has 1 unspecified atom stereocenters. The van der Waals surface area contributed by atoms with Crippen LogP contribution in [0.2, 0.25) is 0 Å². The number of anilines is 1. The smallest absolute Gasteiger partial charge is 0.321 e. The largest absolute Gasteiger partial charge is 0.337 e. The second-order valence-electron chi connectivity index (χ2n) is 8.11. The lowest BCUT2D eigenvalue weighted by molar-refractivity contribution is -0.148. The van der Waals surface area contributed by atoms with Crippen molar-refractivity contribution in [2.75, 3.05) is 38.0 Å². The highest BCUT2D eigenvalue weighted by Crippen LogP contribution is 2.28. The molecule has 7 nitrogen and oxygen atoms in total. The van der Waals surface area contributed by atoms with Gasteiger partial charge in [0.2, 0.25) is 11.8 Å². The van der Waals surface area contributed by atoms with Crippen molar-refractivity contribution in [1.29, 1.82) is 0 Å². The topological polar surface area (TPSA) is 73.0 Å². The van der Waals surface area contributed by atoms with Gasteiger partial charge in [-0.3, -0.25) is 9.59 Å². The molecule has 168 valence electrons. The lowest BCUT2D eigenvalue weighted by Gasteiger charge is -2.40. The lowest BCUT2D eigenvalue weighted by atomic mass is 9.99. The first-order valence-corrected chi connectivity index (χ1v) is 11.0. The van der Waals surface area contributed by atoms with Crippen LogP contribution in [-0.2, 0) is 9.59 Å². The van der Waals surface area contributed by atoms with E-state index >= 15 is 0 Å². The van der Waals surface area contributed by atoms with E-state index in [0.29, 0.717) is 44.8 Å². The number of nitrogens with one attached hydrogen (secondary N) is 1. The summed E-state index contributed by atoms with van der Waals surface area (Å²) < 4.78 is 13.1. The van der Waals surface area contributed by atoms with Crippen molar-refractivity contribution >= 4 is 23.5 Å². The fourth-order valence-corrected chi connectivity index (χ4v) is 4.23. The van der Waals surface area contributed by atoms with Crippen LogP contribution in [0.3, 0.4) is 0 Å². The summed E-state index contributed by atoms with van der Waals surface area (Å²) in [6.45, 7) is 2.12. The number of piperazine rings is 1. The molecule has 32 heavy (non-hydrogen) atoms. The number of likely N-dealkylation sites (tertiary alicyclic amines) is 1. The molecule has 1 atom stereocenters. The van der Waals surface area contributed by atoms with Crippen molar-refractivity contribution in [2.24, 2.45) is 0 Å². The molecule has 2 aliphatic heterocycles. The zero-order valence-corrected chi connectivity index (χ0v) is 17.9. The average molecular weight is 439 g/mol. The lowest BCUT2D eigenvalue weighted by Crippen LogP contribution is -2.55. The normalized spacial score (nSPS) is 17.8. The number of benzene rings is 2. The van der Waals surface area contributed by atoms with Crippen LogP contribution >= 0.6 is 0 Å². The van der Waals surface area contributed by atoms with Crippen LogP contribution in [0, 0.1) is 5.82 Å². The molecule has 4 rings (SSSR count).